The molecule has 0 aliphatic carbocycles. The number of carbonyl (C=O) groups is 1. The first kappa shape index (κ1) is 3.65. The highest BCUT2D eigenvalue weighted by Crippen LogP contribution is 2.13. The quantitative estimate of drug-likeness (QED) is 0.374. The zero-order valence-electron chi connectivity index (χ0n) is 3.93. The van der Waals surface area contributed by atoms with Crippen LogP contribution in [0.15, 0.2) is 0 Å². The molecule has 1 aliphatic heterocycles. The summed E-state index contributed by atoms with van der Waals surface area (Å²) in [5.74, 6) is 0.259. The molecule has 2 heteroatoms. The molecule has 1 aliphatic rings. The maximum Gasteiger partial charge on any atom is 0.245 e. The summed E-state index contributed by atoms with van der Waals surface area (Å²) in [6, 6.07) is 0.213. The van der Waals surface area contributed by atoms with Gasteiger partial charge in [-0.3, -0.25) is 4.79 Å². The molecule has 0 aromatic heterocycles. The van der Waals surface area contributed by atoms with Crippen LogP contribution < -0.4 is 0 Å². The maximum atomic E-state index is 10.1. The van der Waals surface area contributed by atoms with Crippen LogP contribution in [-0.2, 0) is 4.79 Å². The second kappa shape index (κ2) is 0.750. The van der Waals surface area contributed by atoms with Crippen LogP contribution in [0.1, 0.15) is 6.92 Å². The largest absolute Gasteiger partial charge is 0.332 e. The second-order valence-electron chi connectivity index (χ2n) is 1.63. The smallest absolute Gasteiger partial charge is 0.245 e. The van der Waals surface area contributed by atoms with Crippen LogP contribution in [0, 0.1) is 0 Å². The summed E-state index contributed by atoms with van der Waals surface area (Å²) in [5, 5.41) is 0. The maximum absolute atomic E-state index is 10.1. The average Bonchev–Trinajstić information content (AvgIpc) is 1.94. The van der Waals surface area contributed by atoms with Crippen molar-refractivity contribution in [3.05, 3.63) is 0 Å². The van der Waals surface area contributed by atoms with E-state index in [0.717, 1.165) is 0 Å². The Bertz CT molecular complexity index is 79.5. The van der Waals surface area contributed by atoms with E-state index in [1.54, 1.807) is 11.9 Å². The van der Waals surface area contributed by atoms with Crippen LogP contribution in [0.3, 0.4) is 0 Å². The highest BCUT2D eigenvalue weighted by molar-refractivity contribution is 5.95. The molecule has 1 atom stereocenters. The number of hydrogen-bond donors (Lipinski definition) is 0. The van der Waals surface area contributed by atoms with Crippen LogP contribution in [0.5, 0.6) is 0 Å². The monoisotopic (exact) mass is 85.1 g/mol. The Balaban J connectivity index is 2.51. The lowest BCUT2D eigenvalue weighted by molar-refractivity contribution is -0.113. The molecular weight excluding hydrogens is 78.0 g/mol. The molecule has 0 saturated carbocycles. The molecule has 34 valence electrons. The predicted octanol–water partition coefficient (Wildman–Crippen LogP) is -0.153. The van der Waals surface area contributed by atoms with E-state index in [1.807, 2.05) is 6.92 Å². The number of rotatable bonds is 0. The number of nitrogens with zero attached hydrogens (tertiary/aromatic N) is 1. The summed E-state index contributed by atoms with van der Waals surface area (Å²) in [5.41, 5.74) is 0. The minimum Gasteiger partial charge on any atom is -0.332 e. The fourth-order valence-corrected chi connectivity index (χ4v) is 0.393. The van der Waals surface area contributed by atoms with Crippen LogP contribution >= 0.6 is 0 Å². The van der Waals surface area contributed by atoms with Crippen molar-refractivity contribution in [1.82, 2.24) is 4.90 Å². The van der Waals surface area contributed by atoms with Gasteiger partial charge in [0.05, 0.1) is 0 Å². The Hall–Kier alpha value is -0.530. The van der Waals surface area contributed by atoms with E-state index in [9.17, 15) is 4.79 Å². The van der Waals surface area contributed by atoms with Gasteiger partial charge in [-0.1, -0.05) is 0 Å². The molecule has 1 heterocycles. The van der Waals surface area contributed by atoms with E-state index in [-0.39, 0.29) is 11.9 Å². The van der Waals surface area contributed by atoms with Crippen molar-refractivity contribution in [3.8, 4) is 0 Å². The molecule has 0 bridgehead atoms. The molecule has 0 spiro atoms. The van der Waals surface area contributed by atoms with Gasteiger partial charge in [0.1, 0.15) is 6.04 Å². The zero-order chi connectivity index (χ0) is 4.73. The summed E-state index contributed by atoms with van der Waals surface area (Å²) in [6.45, 7) is 1.89. The van der Waals surface area contributed by atoms with Crippen molar-refractivity contribution in [2.45, 2.75) is 13.0 Å². The fraction of sp³-hybridized carbons (Fsp3) is 0.750. The Morgan fingerprint density at radius 3 is 2.00 bits per heavy atom. The SMILES string of the molecule is CC1C(=O)N1C. The van der Waals surface area contributed by atoms with Crippen molar-refractivity contribution >= 4 is 5.91 Å². The van der Waals surface area contributed by atoms with Gasteiger partial charge in [0.25, 0.3) is 0 Å². The third kappa shape index (κ3) is 0.236. The van der Waals surface area contributed by atoms with Gasteiger partial charge in [0, 0.05) is 7.05 Å². The normalized spacial score (nSPS) is 31.3. The Kier molecular flexibility index (Phi) is 0.457. The summed E-state index contributed by atoms with van der Waals surface area (Å²) in [7, 11) is 1.80. The van der Waals surface area contributed by atoms with Crippen molar-refractivity contribution in [2.75, 3.05) is 7.05 Å². The van der Waals surface area contributed by atoms with Gasteiger partial charge in [-0.25, -0.2) is 0 Å². The van der Waals surface area contributed by atoms with Gasteiger partial charge >= 0.3 is 0 Å². The molecule has 1 saturated heterocycles. The van der Waals surface area contributed by atoms with E-state index in [1.165, 1.54) is 0 Å². The van der Waals surface area contributed by atoms with Gasteiger partial charge < -0.3 is 4.90 Å². The third-order valence-corrected chi connectivity index (χ3v) is 1.22. The highest BCUT2D eigenvalue weighted by Gasteiger charge is 2.36. The lowest BCUT2D eigenvalue weighted by atomic mass is 10.6. The minimum absolute atomic E-state index is 0.213. The number of amides is 1. The second-order valence-corrected chi connectivity index (χ2v) is 1.63. The molecule has 0 aromatic carbocycles. The first-order valence-electron chi connectivity index (χ1n) is 2.00. The number of carbonyl (C=O) groups excluding carboxylic acids is 1. The van der Waals surface area contributed by atoms with Gasteiger partial charge in [-0.2, -0.15) is 0 Å². The molecule has 1 fully saturated rings. The number of hydrogen-bond acceptors (Lipinski definition) is 1. The molecule has 1 amide bonds. The van der Waals surface area contributed by atoms with Crippen molar-refractivity contribution in [3.63, 3.8) is 0 Å². The van der Waals surface area contributed by atoms with Gasteiger partial charge in [-0.15, -0.1) is 0 Å². The van der Waals surface area contributed by atoms with Crippen molar-refractivity contribution in [1.29, 1.82) is 0 Å². The van der Waals surface area contributed by atoms with Crippen LogP contribution in [0.25, 0.3) is 0 Å². The lowest BCUT2D eigenvalue weighted by Crippen LogP contribution is -1.84. The molecule has 6 heavy (non-hydrogen) atoms. The standard InChI is InChI=1S/C4H7NO/c1-3-4(6)5(3)2/h3H,1-2H3. The molecule has 2 nitrogen and oxygen atoms in total. The number of likely N-dealkylation sites (N-methyl/N-ethyl adjacent to an activating group) is 1. The minimum atomic E-state index is 0.213. The van der Waals surface area contributed by atoms with E-state index in [2.05, 4.69) is 0 Å². The Labute approximate surface area is 36.7 Å². The summed E-state index contributed by atoms with van der Waals surface area (Å²) in [6.07, 6.45) is 0. The lowest BCUT2D eigenvalue weighted by Gasteiger charge is -1.74. The molecule has 1 rings (SSSR count). The molecule has 0 aromatic rings. The fourth-order valence-electron chi connectivity index (χ4n) is 0.393. The topological polar surface area (TPSA) is 20.1 Å². The van der Waals surface area contributed by atoms with Gasteiger partial charge in [-0.05, 0) is 6.92 Å². The first-order chi connectivity index (χ1) is 2.73. The van der Waals surface area contributed by atoms with Gasteiger partial charge in [0.15, 0.2) is 0 Å². The average molecular weight is 85.1 g/mol. The zero-order valence-corrected chi connectivity index (χ0v) is 3.93. The van der Waals surface area contributed by atoms with E-state index in [4.69, 9.17) is 0 Å². The molecular formula is C4H7NO. The molecule has 0 radical (unpaired) electrons. The predicted molar refractivity (Wildman–Crippen MR) is 22.2 cm³/mol. The van der Waals surface area contributed by atoms with Crippen LogP contribution in [0.4, 0.5) is 0 Å². The van der Waals surface area contributed by atoms with E-state index >= 15 is 0 Å². The summed E-state index contributed by atoms with van der Waals surface area (Å²) in [4.78, 5) is 11.8. The van der Waals surface area contributed by atoms with Gasteiger partial charge in [0.2, 0.25) is 5.91 Å². The highest BCUT2D eigenvalue weighted by atomic mass is 16.2. The third-order valence-electron chi connectivity index (χ3n) is 1.22. The van der Waals surface area contributed by atoms with Crippen molar-refractivity contribution in [2.24, 2.45) is 0 Å². The van der Waals surface area contributed by atoms with Crippen LogP contribution in [-0.4, -0.2) is 23.9 Å². The Morgan fingerprint density at radius 1 is 1.83 bits per heavy atom. The Morgan fingerprint density at radius 2 is 2.00 bits per heavy atom. The van der Waals surface area contributed by atoms with Crippen LogP contribution in [0.2, 0.25) is 0 Å². The summed E-state index contributed by atoms with van der Waals surface area (Å²) < 4.78 is 0. The summed E-state index contributed by atoms with van der Waals surface area (Å²) >= 11 is 0. The van der Waals surface area contributed by atoms with Crippen molar-refractivity contribution < 1.29 is 4.79 Å². The first-order valence-corrected chi connectivity index (χ1v) is 2.00. The molecule has 1 unspecified atom stereocenters. The molecule has 0 N–H and O–H groups in total. The van der Waals surface area contributed by atoms with E-state index in [0.29, 0.717) is 0 Å². The van der Waals surface area contributed by atoms with E-state index < -0.39 is 0 Å².